The number of nitrogens with zero attached hydrogens (tertiary/aromatic N) is 1. The zero-order valence-corrected chi connectivity index (χ0v) is 16.1. The van der Waals surface area contributed by atoms with Crippen LogP contribution >= 0.6 is 0 Å². The summed E-state index contributed by atoms with van der Waals surface area (Å²) in [4.78, 5) is 23.4. The Balaban J connectivity index is 2.12. The molecule has 2 rings (SSSR count). The van der Waals surface area contributed by atoms with Crippen molar-refractivity contribution in [1.82, 2.24) is 14.9 Å². The monoisotopic (exact) mass is 401 g/mol. The van der Waals surface area contributed by atoms with Gasteiger partial charge in [0, 0.05) is 13.1 Å². The molecule has 1 fully saturated rings. The number of hydrogen-bond donors (Lipinski definition) is 2. The van der Waals surface area contributed by atoms with E-state index in [4.69, 9.17) is 4.74 Å². The fourth-order valence-corrected chi connectivity index (χ4v) is 4.48. The first-order valence-electron chi connectivity index (χ1n) is 8.73. The van der Waals surface area contributed by atoms with Crippen molar-refractivity contribution in [3.05, 3.63) is 29.6 Å². The molecule has 1 heterocycles. The number of hydrogen-bond acceptors (Lipinski definition) is 5. The van der Waals surface area contributed by atoms with Gasteiger partial charge in [-0.2, -0.15) is 4.31 Å². The molecule has 0 unspecified atom stereocenters. The highest BCUT2D eigenvalue weighted by Gasteiger charge is 2.35. The van der Waals surface area contributed by atoms with E-state index in [0.717, 1.165) is 16.4 Å². The van der Waals surface area contributed by atoms with E-state index in [-0.39, 0.29) is 23.5 Å². The molecule has 0 saturated carbocycles. The van der Waals surface area contributed by atoms with Crippen LogP contribution in [0.4, 0.5) is 4.39 Å². The first-order valence-corrected chi connectivity index (χ1v) is 10.2. The Morgan fingerprint density at radius 3 is 2.67 bits per heavy atom. The molecule has 27 heavy (non-hydrogen) atoms. The lowest BCUT2D eigenvalue weighted by atomic mass is 10.2. The number of sulfonamides is 1. The Morgan fingerprint density at radius 2 is 2.00 bits per heavy atom. The van der Waals surface area contributed by atoms with Gasteiger partial charge in [-0.15, -0.1) is 0 Å². The molecule has 1 saturated heterocycles. The molecular formula is C17H24FN3O5S. The SMILES string of the molecule is CCCNC(=O)C(=O)NC[C@H]1OCCCN1S(=O)(=O)c1ccc(F)cc1C. The van der Waals surface area contributed by atoms with Crippen LogP contribution in [-0.4, -0.2) is 57.0 Å². The van der Waals surface area contributed by atoms with E-state index in [1.165, 1.54) is 13.0 Å². The standard InChI is InChI=1S/C17H24FN3O5S/c1-3-7-19-16(22)17(23)20-11-15-21(8-4-9-26-15)27(24,25)14-6-5-13(18)10-12(14)2/h5-6,10,15H,3-4,7-9,11H2,1-2H3,(H,19,22)(H,20,23)/t15-/m1/s1. The van der Waals surface area contributed by atoms with Crippen molar-refractivity contribution in [2.45, 2.75) is 37.8 Å². The lowest BCUT2D eigenvalue weighted by molar-refractivity contribution is -0.140. The van der Waals surface area contributed by atoms with Gasteiger partial charge in [-0.25, -0.2) is 12.8 Å². The molecule has 150 valence electrons. The molecule has 1 atom stereocenters. The zero-order valence-electron chi connectivity index (χ0n) is 15.3. The zero-order chi connectivity index (χ0) is 20.0. The number of nitrogens with one attached hydrogen (secondary N) is 2. The van der Waals surface area contributed by atoms with Gasteiger partial charge < -0.3 is 15.4 Å². The maximum Gasteiger partial charge on any atom is 0.309 e. The summed E-state index contributed by atoms with van der Waals surface area (Å²) in [5, 5.41) is 4.84. The van der Waals surface area contributed by atoms with Crippen molar-refractivity contribution < 1.29 is 27.1 Å². The average Bonchev–Trinajstić information content (AvgIpc) is 2.64. The van der Waals surface area contributed by atoms with E-state index >= 15 is 0 Å². The van der Waals surface area contributed by atoms with Crippen LogP contribution in [0.1, 0.15) is 25.3 Å². The maximum absolute atomic E-state index is 13.3. The largest absolute Gasteiger partial charge is 0.360 e. The van der Waals surface area contributed by atoms with Gasteiger partial charge in [-0.3, -0.25) is 9.59 Å². The van der Waals surface area contributed by atoms with Crippen LogP contribution in [-0.2, 0) is 24.3 Å². The van der Waals surface area contributed by atoms with E-state index in [2.05, 4.69) is 10.6 Å². The number of aryl methyl sites for hydroxylation is 1. The minimum atomic E-state index is -3.95. The summed E-state index contributed by atoms with van der Waals surface area (Å²) in [5.74, 6) is -2.16. The fraction of sp³-hybridized carbons (Fsp3) is 0.529. The van der Waals surface area contributed by atoms with Gasteiger partial charge in [-0.05, 0) is 43.5 Å². The fourth-order valence-electron chi connectivity index (χ4n) is 2.71. The number of ether oxygens (including phenoxy) is 1. The number of amides is 2. The van der Waals surface area contributed by atoms with E-state index in [9.17, 15) is 22.4 Å². The smallest absolute Gasteiger partial charge is 0.309 e. The minimum Gasteiger partial charge on any atom is -0.360 e. The summed E-state index contributed by atoms with van der Waals surface area (Å²) in [7, 11) is -3.95. The molecule has 2 N–H and O–H groups in total. The van der Waals surface area contributed by atoms with Crippen molar-refractivity contribution in [2.24, 2.45) is 0 Å². The number of benzene rings is 1. The lowest BCUT2D eigenvalue weighted by Gasteiger charge is -2.34. The highest BCUT2D eigenvalue weighted by atomic mass is 32.2. The first kappa shape index (κ1) is 21.3. The van der Waals surface area contributed by atoms with Crippen LogP contribution in [0, 0.1) is 12.7 Å². The topological polar surface area (TPSA) is 105 Å². The summed E-state index contributed by atoms with van der Waals surface area (Å²) < 4.78 is 45.9. The third-order valence-electron chi connectivity index (χ3n) is 4.06. The molecule has 0 aromatic heterocycles. The van der Waals surface area contributed by atoms with Gasteiger partial charge in [0.25, 0.3) is 0 Å². The van der Waals surface area contributed by atoms with Crippen molar-refractivity contribution in [3.8, 4) is 0 Å². The van der Waals surface area contributed by atoms with Gasteiger partial charge >= 0.3 is 11.8 Å². The number of carbonyl (C=O) groups is 2. The Morgan fingerprint density at radius 1 is 1.30 bits per heavy atom. The second-order valence-corrected chi connectivity index (χ2v) is 8.03. The van der Waals surface area contributed by atoms with Gasteiger partial charge in [-0.1, -0.05) is 6.92 Å². The van der Waals surface area contributed by atoms with Crippen LogP contribution < -0.4 is 10.6 Å². The van der Waals surface area contributed by atoms with Gasteiger partial charge in [0.2, 0.25) is 10.0 Å². The summed E-state index contributed by atoms with van der Waals surface area (Å²) >= 11 is 0. The van der Waals surface area contributed by atoms with Gasteiger partial charge in [0.15, 0.2) is 0 Å². The Kier molecular flexibility index (Phi) is 7.28. The molecule has 0 radical (unpaired) electrons. The van der Waals surface area contributed by atoms with E-state index in [0.29, 0.717) is 26.0 Å². The van der Waals surface area contributed by atoms with Gasteiger partial charge in [0.05, 0.1) is 18.0 Å². The predicted octanol–water partition coefficient (Wildman–Crippen LogP) is 0.514. The summed E-state index contributed by atoms with van der Waals surface area (Å²) in [5.41, 5.74) is 0.280. The van der Waals surface area contributed by atoms with Gasteiger partial charge in [0.1, 0.15) is 12.0 Å². The summed E-state index contributed by atoms with van der Waals surface area (Å²) in [6.07, 6.45) is 0.227. The number of rotatable bonds is 6. The first-order chi connectivity index (χ1) is 12.8. The van der Waals surface area contributed by atoms with Crippen LogP contribution in [0.15, 0.2) is 23.1 Å². The van der Waals surface area contributed by atoms with E-state index in [1.807, 2.05) is 6.92 Å². The molecule has 1 aromatic rings. The van der Waals surface area contributed by atoms with Crippen LogP contribution in [0.5, 0.6) is 0 Å². The molecule has 10 heteroatoms. The molecule has 1 aromatic carbocycles. The van der Waals surface area contributed by atoms with Crippen LogP contribution in [0.2, 0.25) is 0 Å². The second kappa shape index (κ2) is 9.25. The molecule has 8 nitrogen and oxygen atoms in total. The lowest BCUT2D eigenvalue weighted by Crippen LogP contribution is -2.53. The van der Waals surface area contributed by atoms with E-state index < -0.39 is 33.9 Å². The Bertz CT molecular complexity index is 800. The number of halogens is 1. The van der Waals surface area contributed by atoms with Crippen molar-refractivity contribution in [3.63, 3.8) is 0 Å². The highest BCUT2D eigenvalue weighted by molar-refractivity contribution is 7.89. The quantitative estimate of drug-likeness (QED) is 0.676. The molecule has 2 amide bonds. The maximum atomic E-state index is 13.3. The molecule has 1 aliphatic rings. The third kappa shape index (κ3) is 5.24. The highest BCUT2D eigenvalue weighted by Crippen LogP contribution is 2.25. The normalized spacial score (nSPS) is 18.1. The molecule has 0 aliphatic carbocycles. The molecule has 0 bridgehead atoms. The Labute approximate surface area is 158 Å². The number of carbonyl (C=O) groups excluding carboxylic acids is 2. The molecular weight excluding hydrogens is 377 g/mol. The average molecular weight is 401 g/mol. The van der Waals surface area contributed by atoms with E-state index in [1.54, 1.807) is 0 Å². The third-order valence-corrected chi connectivity index (χ3v) is 6.11. The van der Waals surface area contributed by atoms with Crippen LogP contribution in [0.3, 0.4) is 0 Å². The summed E-state index contributed by atoms with van der Waals surface area (Å²) in [6.45, 7) is 4.09. The molecule has 1 aliphatic heterocycles. The predicted molar refractivity (Wildman–Crippen MR) is 95.7 cm³/mol. The van der Waals surface area contributed by atoms with Crippen LogP contribution in [0.25, 0.3) is 0 Å². The minimum absolute atomic E-state index is 0.0218. The molecule has 0 spiro atoms. The van der Waals surface area contributed by atoms with Crippen molar-refractivity contribution in [2.75, 3.05) is 26.2 Å². The second-order valence-electron chi connectivity index (χ2n) is 6.17. The van der Waals surface area contributed by atoms with Crippen molar-refractivity contribution >= 4 is 21.8 Å². The van der Waals surface area contributed by atoms with Crippen molar-refractivity contribution in [1.29, 1.82) is 0 Å². The summed E-state index contributed by atoms with van der Waals surface area (Å²) in [6, 6.07) is 3.44. The Hall–Kier alpha value is -2.04.